The molecule has 2 heterocycles. The van der Waals surface area contributed by atoms with Crippen LogP contribution >= 0.6 is 12.4 Å². The maximum atomic E-state index is 12.7. The molecule has 0 bridgehead atoms. The van der Waals surface area contributed by atoms with Crippen LogP contribution in [-0.2, 0) is 26.1 Å². The van der Waals surface area contributed by atoms with Crippen molar-refractivity contribution < 1.29 is 17.9 Å². The number of esters is 1. The van der Waals surface area contributed by atoms with Gasteiger partial charge in [0.15, 0.2) is 0 Å². The Kier molecular flexibility index (Phi) is 6.19. The third kappa shape index (κ3) is 4.23. The van der Waals surface area contributed by atoms with E-state index in [0.717, 1.165) is 0 Å². The first kappa shape index (κ1) is 19.9. The maximum absolute atomic E-state index is 12.7. The van der Waals surface area contributed by atoms with Gasteiger partial charge in [0.05, 0.1) is 13.3 Å². The van der Waals surface area contributed by atoms with Gasteiger partial charge in [-0.2, -0.15) is 9.40 Å². The number of rotatable bonds is 4. The molecule has 1 aliphatic heterocycles. The van der Waals surface area contributed by atoms with E-state index in [-0.39, 0.29) is 35.3 Å². The van der Waals surface area contributed by atoms with E-state index in [1.165, 1.54) is 28.5 Å². The summed E-state index contributed by atoms with van der Waals surface area (Å²) < 4.78 is 32.5. The lowest BCUT2D eigenvalue weighted by atomic mass is 9.81. The molecule has 1 aromatic heterocycles. The smallest absolute Gasteiger partial charge is 0.327 e. The summed E-state index contributed by atoms with van der Waals surface area (Å²) >= 11 is 0. The molecule has 0 aliphatic carbocycles. The van der Waals surface area contributed by atoms with Gasteiger partial charge < -0.3 is 10.5 Å². The average molecular weight is 367 g/mol. The normalized spacial score (nSPS) is 21.5. The van der Waals surface area contributed by atoms with E-state index in [1.54, 1.807) is 0 Å². The van der Waals surface area contributed by atoms with Crippen molar-refractivity contribution in [3.05, 3.63) is 12.4 Å². The van der Waals surface area contributed by atoms with Crippen LogP contribution in [0.1, 0.15) is 20.3 Å². The third-order valence-electron chi connectivity index (χ3n) is 4.04. The van der Waals surface area contributed by atoms with Gasteiger partial charge in [-0.3, -0.25) is 9.48 Å². The van der Waals surface area contributed by atoms with Crippen molar-refractivity contribution in [2.75, 3.05) is 20.2 Å². The molecule has 0 amide bonds. The standard InChI is InChI=1S/C13H22N4O4S.ClH/c1-13(2)9-17(5-4-11(13)14)22(19,20)10-6-15-16(7-10)8-12(18)21-3;/h6-7,11H,4-5,8-9,14H2,1-3H3;1H. The van der Waals surface area contributed by atoms with Crippen molar-refractivity contribution in [3.63, 3.8) is 0 Å². The number of carbonyl (C=O) groups excluding carboxylic acids is 1. The number of aromatic nitrogens is 2. The Hall–Kier alpha value is -1.16. The first-order valence-electron chi connectivity index (χ1n) is 7.02. The summed E-state index contributed by atoms with van der Waals surface area (Å²) in [5, 5.41) is 3.90. The number of carbonyl (C=O) groups is 1. The van der Waals surface area contributed by atoms with Crippen LogP contribution in [0.5, 0.6) is 0 Å². The highest BCUT2D eigenvalue weighted by atomic mass is 35.5. The number of nitrogens with zero attached hydrogens (tertiary/aromatic N) is 3. The molecule has 1 fully saturated rings. The minimum Gasteiger partial charge on any atom is -0.468 e. The summed E-state index contributed by atoms with van der Waals surface area (Å²) in [6.45, 7) is 4.54. The highest BCUT2D eigenvalue weighted by molar-refractivity contribution is 7.89. The summed E-state index contributed by atoms with van der Waals surface area (Å²) in [5.74, 6) is -0.489. The fourth-order valence-corrected chi connectivity index (χ4v) is 4.02. The summed E-state index contributed by atoms with van der Waals surface area (Å²) in [6, 6.07) is -0.0269. The number of sulfonamides is 1. The zero-order valence-electron chi connectivity index (χ0n) is 13.4. The lowest BCUT2D eigenvalue weighted by Crippen LogP contribution is -2.53. The van der Waals surface area contributed by atoms with E-state index in [4.69, 9.17) is 5.73 Å². The first-order valence-corrected chi connectivity index (χ1v) is 8.46. The van der Waals surface area contributed by atoms with E-state index in [9.17, 15) is 13.2 Å². The second-order valence-corrected chi connectivity index (χ2v) is 8.11. The number of piperidine rings is 1. The fourth-order valence-electron chi connectivity index (χ4n) is 2.44. The molecular weight excluding hydrogens is 344 g/mol. The molecule has 0 saturated carbocycles. The number of ether oxygens (including phenoxy) is 1. The Bertz CT molecular complexity index is 659. The molecule has 1 aromatic rings. The zero-order chi connectivity index (χ0) is 16.5. The highest BCUT2D eigenvalue weighted by Gasteiger charge is 2.39. The Morgan fingerprint density at radius 1 is 1.52 bits per heavy atom. The molecule has 0 spiro atoms. The molecule has 2 N–H and O–H groups in total. The van der Waals surface area contributed by atoms with Crippen LogP contribution in [0, 0.1) is 5.41 Å². The van der Waals surface area contributed by atoms with Crippen molar-refractivity contribution in [2.45, 2.75) is 37.8 Å². The van der Waals surface area contributed by atoms with E-state index < -0.39 is 16.0 Å². The second-order valence-electron chi connectivity index (χ2n) is 6.17. The summed E-state index contributed by atoms with van der Waals surface area (Å²) in [6.07, 6.45) is 3.20. The van der Waals surface area contributed by atoms with Gasteiger partial charge in [-0.25, -0.2) is 8.42 Å². The second kappa shape index (κ2) is 7.16. The van der Waals surface area contributed by atoms with Gasteiger partial charge in [-0.1, -0.05) is 13.8 Å². The van der Waals surface area contributed by atoms with Gasteiger partial charge in [-0.05, 0) is 11.8 Å². The topological polar surface area (TPSA) is 108 Å². The molecule has 10 heteroatoms. The molecule has 1 atom stereocenters. The van der Waals surface area contributed by atoms with Crippen molar-refractivity contribution in [3.8, 4) is 0 Å². The van der Waals surface area contributed by atoms with Crippen LogP contribution in [0.2, 0.25) is 0 Å². The van der Waals surface area contributed by atoms with Gasteiger partial charge >= 0.3 is 5.97 Å². The Labute approximate surface area is 142 Å². The first-order chi connectivity index (χ1) is 10.2. The molecule has 132 valence electrons. The van der Waals surface area contributed by atoms with Crippen molar-refractivity contribution in [1.29, 1.82) is 0 Å². The predicted molar refractivity (Wildman–Crippen MR) is 86.6 cm³/mol. The molecule has 23 heavy (non-hydrogen) atoms. The van der Waals surface area contributed by atoms with E-state index in [2.05, 4.69) is 9.84 Å². The van der Waals surface area contributed by atoms with E-state index >= 15 is 0 Å². The molecule has 1 unspecified atom stereocenters. The molecule has 8 nitrogen and oxygen atoms in total. The van der Waals surface area contributed by atoms with E-state index in [1.807, 2.05) is 13.8 Å². The Morgan fingerprint density at radius 2 is 2.17 bits per heavy atom. The number of nitrogens with two attached hydrogens (primary N) is 1. The quantitative estimate of drug-likeness (QED) is 0.764. The molecule has 1 aliphatic rings. The van der Waals surface area contributed by atoms with Crippen LogP contribution in [0.3, 0.4) is 0 Å². The van der Waals surface area contributed by atoms with Crippen LogP contribution in [0.4, 0.5) is 0 Å². The average Bonchev–Trinajstić information content (AvgIpc) is 2.90. The van der Waals surface area contributed by atoms with Crippen molar-refractivity contribution >= 4 is 28.4 Å². The Morgan fingerprint density at radius 3 is 2.74 bits per heavy atom. The molecule has 2 rings (SSSR count). The summed E-state index contributed by atoms with van der Waals surface area (Å²) in [4.78, 5) is 11.3. The van der Waals surface area contributed by atoms with Gasteiger partial charge in [0.2, 0.25) is 10.0 Å². The van der Waals surface area contributed by atoms with Crippen LogP contribution in [-0.4, -0.2) is 54.7 Å². The molecular formula is C13H23ClN4O4S. The maximum Gasteiger partial charge on any atom is 0.327 e. The highest BCUT2D eigenvalue weighted by Crippen LogP contribution is 2.31. The predicted octanol–water partition coefficient (Wildman–Crippen LogP) is 0.226. The van der Waals surface area contributed by atoms with Crippen molar-refractivity contribution in [1.82, 2.24) is 14.1 Å². The minimum absolute atomic E-state index is 0. The van der Waals surface area contributed by atoms with Crippen LogP contribution in [0.25, 0.3) is 0 Å². The SMILES string of the molecule is COC(=O)Cn1cc(S(=O)(=O)N2CCC(N)C(C)(C)C2)cn1.Cl. The minimum atomic E-state index is -3.64. The molecule has 0 radical (unpaired) electrons. The van der Waals surface area contributed by atoms with Gasteiger partial charge in [0.1, 0.15) is 11.4 Å². The summed E-state index contributed by atoms with van der Waals surface area (Å²) in [5.41, 5.74) is 5.76. The third-order valence-corrected chi connectivity index (χ3v) is 5.84. The lowest BCUT2D eigenvalue weighted by Gasteiger charge is -2.41. The number of hydrogen-bond acceptors (Lipinski definition) is 6. The monoisotopic (exact) mass is 366 g/mol. The van der Waals surface area contributed by atoms with Crippen LogP contribution < -0.4 is 5.73 Å². The molecule has 1 saturated heterocycles. The number of methoxy groups -OCH3 is 1. The van der Waals surface area contributed by atoms with Gasteiger partial charge in [0, 0.05) is 25.3 Å². The molecule has 0 aromatic carbocycles. The van der Waals surface area contributed by atoms with Gasteiger partial charge in [0.25, 0.3) is 0 Å². The van der Waals surface area contributed by atoms with Crippen LogP contribution in [0.15, 0.2) is 17.3 Å². The fraction of sp³-hybridized carbons (Fsp3) is 0.692. The number of halogens is 1. The number of hydrogen-bond donors (Lipinski definition) is 1. The summed E-state index contributed by atoms with van der Waals surface area (Å²) in [7, 11) is -2.37. The largest absolute Gasteiger partial charge is 0.468 e. The van der Waals surface area contributed by atoms with E-state index in [0.29, 0.717) is 19.5 Å². The van der Waals surface area contributed by atoms with Crippen molar-refractivity contribution in [2.24, 2.45) is 11.1 Å². The Balaban J connectivity index is 0.00000264. The lowest BCUT2D eigenvalue weighted by molar-refractivity contribution is -0.141. The zero-order valence-corrected chi connectivity index (χ0v) is 15.1. The van der Waals surface area contributed by atoms with Gasteiger partial charge in [-0.15, -0.1) is 12.4 Å².